The Balaban J connectivity index is 2.31. The van der Waals surface area contributed by atoms with Gasteiger partial charge in [0.05, 0.1) is 10.6 Å². The van der Waals surface area contributed by atoms with Crippen LogP contribution in [0.4, 0.5) is 15.8 Å². The molecule has 1 amide bonds. The van der Waals surface area contributed by atoms with Crippen LogP contribution < -0.4 is 5.32 Å². The summed E-state index contributed by atoms with van der Waals surface area (Å²) in [6.45, 7) is 0. The van der Waals surface area contributed by atoms with E-state index in [9.17, 15) is 24.4 Å². The number of amides is 1. The van der Waals surface area contributed by atoms with Crippen molar-refractivity contribution < 1.29 is 19.2 Å². The Morgan fingerprint density at radius 3 is 2.67 bits per heavy atom. The summed E-state index contributed by atoms with van der Waals surface area (Å²) >= 11 is 0. The van der Waals surface area contributed by atoms with E-state index in [-0.39, 0.29) is 16.8 Å². The number of anilines is 1. The number of carbonyl (C=O) groups is 1. The Bertz CT molecular complexity index is 887. The molecule has 0 unspecified atom stereocenters. The summed E-state index contributed by atoms with van der Waals surface area (Å²) in [4.78, 5) is 22.0. The number of hydrogen-bond acceptors (Lipinski definition) is 5. The lowest BCUT2D eigenvalue weighted by Crippen LogP contribution is -2.14. The molecule has 7 nitrogen and oxygen atoms in total. The fourth-order valence-corrected chi connectivity index (χ4v) is 1.84. The van der Waals surface area contributed by atoms with Gasteiger partial charge in [-0.2, -0.15) is 5.26 Å². The normalized spacial score (nSPS) is 10.8. The number of nitro groups is 1. The molecule has 0 heterocycles. The van der Waals surface area contributed by atoms with Gasteiger partial charge in [-0.05, 0) is 29.8 Å². The highest BCUT2D eigenvalue weighted by atomic mass is 19.1. The van der Waals surface area contributed by atoms with E-state index < -0.39 is 28.1 Å². The van der Waals surface area contributed by atoms with Crippen molar-refractivity contribution in [2.75, 3.05) is 5.32 Å². The molecule has 0 atom stereocenters. The van der Waals surface area contributed by atoms with Crippen LogP contribution in [0, 0.1) is 27.3 Å². The molecule has 0 aromatic heterocycles. The first kappa shape index (κ1) is 16.6. The van der Waals surface area contributed by atoms with Crippen molar-refractivity contribution in [1.29, 1.82) is 5.26 Å². The number of para-hydroxylation sites is 1. The van der Waals surface area contributed by atoms with Gasteiger partial charge in [0.1, 0.15) is 17.5 Å². The number of hydrogen-bond donors (Lipinski definition) is 2. The number of nitriles is 1. The van der Waals surface area contributed by atoms with Crippen molar-refractivity contribution >= 4 is 23.4 Å². The molecule has 0 fully saturated rings. The van der Waals surface area contributed by atoms with Crippen LogP contribution in [0.3, 0.4) is 0 Å². The predicted molar refractivity (Wildman–Crippen MR) is 83.4 cm³/mol. The average Bonchev–Trinajstić information content (AvgIpc) is 2.55. The van der Waals surface area contributed by atoms with E-state index in [4.69, 9.17) is 5.26 Å². The van der Waals surface area contributed by atoms with Crippen LogP contribution in [0.5, 0.6) is 5.75 Å². The van der Waals surface area contributed by atoms with Crippen LogP contribution in [0.25, 0.3) is 6.08 Å². The molecule has 2 aromatic carbocycles. The first-order chi connectivity index (χ1) is 11.4. The van der Waals surface area contributed by atoms with Crippen molar-refractivity contribution in [3.63, 3.8) is 0 Å². The van der Waals surface area contributed by atoms with Gasteiger partial charge in [-0.15, -0.1) is 0 Å². The highest BCUT2D eigenvalue weighted by Crippen LogP contribution is 2.27. The van der Waals surface area contributed by atoms with Gasteiger partial charge in [-0.3, -0.25) is 14.9 Å². The van der Waals surface area contributed by atoms with Crippen LogP contribution in [0.1, 0.15) is 5.56 Å². The minimum atomic E-state index is -0.863. The molecule has 2 N–H and O–H groups in total. The molecule has 2 rings (SSSR count). The minimum Gasteiger partial charge on any atom is -0.502 e. The maximum absolute atomic E-state index is 13.5. The second-order valence-electron chi connectivity index (χ2n) is 4.61. The summed E-state index contributed by atoms with van der Waals surface area (Å²) in [6, 6.07) is 10.5. The number of nitrogens with zero attached hydrogens (tertiary/aromatic N) is 2. The molecule has 0 radical (unpaired) electrons. The van der Waals surface area contributed by atoms with E-state index in [0.29, 0.717) is 0 Å². The zero-order valence-electron chi connectivity index (χ0n) is 12.1. The molecule has 0 saturated carbocycles. The molecule has 0 bridgehead atoms. The van der Waals surface area contributed by atoms with Crippen molar-refractivity contribution in [1.82, 2.24) is 0 Å². The summed E-state index contributed by atoms with van der Waals surface area (Å²) in [5, 5.41) is 31.5. The summed E-state index contributed by atoms with van der Waals surface area (Å²) in [6.07, 6.45) is 1.10. The Morgan fingerprint density at radius 2 is 2.04 bits per heavy atom. The molecule has 2 aromatic rings. The number of phenols is 1. The number of nitrogens with one attached hydrogen (secondary N) is 1. The van der Waals surface area contributed by atoms with Crippen molar-refractivity contribution in [3.8, 4) is 11.8 Å². The number of halogens is 1. The van der Waals surface area contributed by atoms with Crippen molar-refractivity contribution in [2.45, 2.75) is 0 Å². The second-order valence-corrected chi connectivity index (χ2v) is 4.61. The van der Waals surface area contributed by atoms with E-state index in [0.717, 1.165) is 24.3 Å². The van der Waals surface area contributed by atoms with E-state index in [1.54, 1.807) is 6.07 Å². The van der Waals surface area contributed by atoms with Gasteiger partial charge in [-0.1, -0.05) is 18.2 Å². The largest absolute Gasteiger partial charge is 0.502 e. The van der Waals surface area contributed by atoms with Gasteiger partial charge in [0.2, 0.25) is 0 Å². The number of rotatable bonds is 4. The monoisotopic (exact) mass is 327 g/mol. The Morgan fingerprint density at radius 1 is 1.33 bits per heavy atom. The van der Waals surface area contributed by atoms with Crippen molar-refractivity contribution in [3.05, 3.63) is 69.5 Å². The highest BCUT2D eigenvalue weighted by molar-refractivity contribution is 6.09. The lowest BCUT2D eigenvalue weighted by atomic mass is 10.1. The molecular weight excluding hydrogens is 317 g/mol. The number of carbonyl (C=O) groups excluding carboxylic acids is 1. The Labute approximate surface area is 135 Å². The summed E-state index contributed by atoms with van der Waals surface area (Å²) in [5.41, 5.74) is -0.867. The summed E-state index contributed by atoms with van der Waals surface area (Å²) < 4.78 is 13.5. The topological polar surface area (TPSA) is 116 Å². The number of nitro benzene ring substituents is 1. The first-order valence-electron chi connectivity index (χ1n) is 6.57. The quantitative estimate of drug-likeness (QED) is 0.387. The van der Waals surface area contributed by atoms with Crippen LogP contribution in [0.2, 0.25) is 0 Å². The lowest BCUT2D eigenvalue weighted by Gasteiger charge is -2.05. The molecule has 0 aliphatic carbocycles. The Kier molecular flexibility index (Phi) is 4.87. The van der Waals surface area contributed by atoms with E-state index in [1.807, 2.05) is 0 Å². The third kappa shape index (κ3) is 3.72. The fraction of sp³-hybridized carbons (Fsp3) is 0. The number of benzene rings is 2. The maximum atomic E-state index is 13.5. The predicted octanol–water partition coefficient (Wildman–Crippen LogP) is 2.99. The third-order valence-corrected chi connectivity index (χ3v) is 2.99. The van der Waals surface area contributed by atoms with E-state index in [2.05, 4.69) is 5.32 Å². The van der Waals surface area contributed by atoms with Gasteiger partial charge in [0.15, 0.2) is 5.75 Å². The molecule has 8 heteroatoms. The van der Waals surface area contributed by atoms with Crippen LogP contribution in [-0.2, 0) is 4.79 Å². The molecule has 0 aliphatic heterocycles. The molecule has 0 saturated heterocycles. The maximum Gasteiger partial charge on any atom is 0.311 e. The molecule has 120 valence electrons. The molecular formula is C16H10FN3O4. The zero-order valence-corrected chi connectivity index (χ0v) is 12.1. The highest BCUT2D eigenvalue weighted by Gasteiger charge is 2.15. The van der Waals surface area contributed by atoms with Gasteiger partial charge >= 0.3 is 5.69 Å². The average molecular weight is 327 g/mol. The fourth-order valence-electron chi connectivity index (χ4n) is 1.84. The first-order valence-corrected chi connectivity index (χ1v) is 6.57. The van der Waals surface area contributed by atoms with E-state index in [1.165, 1.54) is 24.3 Å². The summed E-state index contributed by atoms with van der Waals surface area (Å²) in [5.74, 6) is -2.06. The third-order valence-electron chi connectivity index (χ3n) is 2.99. The number of phenolic OH excluding ortho intramolecular Hbond substituents is 1. The molecule has 0 aliphatic rings. The van der Waals surface area contributed by atoms with Gasteiger partial charge < -0.3 is 10.4 Å². The van der Waals surface area contributed by atoms with Gasteiger partial charge in [-0.25, -0.2) is 4.39 Å². The second kappa shape index (κ2) is 7.02. The van der Waals surface area contributed by atoms with Crippen molar-refractivity contribution in [2.24, 2.45) is 0 Å². The standard InChI is InChI=1S/C16H10FN3O4/c17-12-3-1-2-4-13(12)19-16(22)11(9-18)7-10-5-6-15(21)14(8-10)20(23)24/h1-8,21H,(H,19,22)/b11-7+. The van der Waals surface area contributed by atoms with E-state index >= 15 is 0 Å². The SMILES string of the molecule is N#C/C(=C\c1ccc(O)c([N+](=O)[O-])c1)C(=O)Nc1ccccc1F. The molecule has 24 heavy (non-hydrogen) atoms. The van der Waals surface area contributed by atoms with Crippen LogP contribution >= 0.6 is 0 Å². The Hall–Kier alpha value is -3.73. The minimum absolute atomic E-state index is 0.0969. The smallest absolute Gasteiger partial charge is 0.311 e. The number of aromatic hydroxyl groups is 1. The lowest BCUT2D eigenvalue weighted by molar-refractivity contribution is -0.385. The zero-order chi connectivity index (χ0) is 17.7. The van der Waals surface area contributed by atoms with Crippen LogP contribution in [-0.4, -0.2) is 15.9 Å². The van der Waals surface area contributed by atoms with Gasteiger partial charge in [0, 0.05) is 6.07 Å². The van der Waals surface area contributed by atoms with Crippen LogP contribution in [0.15, 0.2) is 48.0 Å². The summed E-state index contributed by atoms with van der Waals surface area (Å²) in [7, 11) is 0. The molecule has 0 spiro atoms. The van der Waals surface area contributed by atoms with Gasteiger partial charge in [0.25, 0.3) is 5.91 Å².